The number of benzene rings is 2. The first-order chi connectivity index (χ1) is 16.9. The lowest BCUT2D eigenvalue weighted by molar-refractivity contribution is -0.141. The van der Waals surface area contributed by atoms with E-state index in [0.29, 0.717) is 17.0 Å². The Hall–Kier alpha value is -3.59. The first-order valence-corrected chi connectivity index (χ1v) is 11.8. The predicted octanol–water partition coefficient (Wildman–Crippen LogP) is 3.73. The van der Waals surface area contributed by atoms with Crippen LogP contribution in [0.15, 0.2) is 42.5 Å². The third-order valence-electron chi connectivity index (χ3n) is 5.46. The molecule has 9 nitrogen and oxygen atoms in total. The number of alkyl carbamates (subject to hydrolysis) is 1. The van der Waals surface area contributed by atoms with Gasteiger partial charge in [0.2, 0.25) is 5.91 Å². The number of nitrogens with one attached hydrogen (secondary N) is 2. The van der Waals surface area contributed by atoms with Crippen molar-refractivity contribution in [3.63, 3.8) is 0 Å². The number of anilines is 1. The highest BCUT2D eigenvalue weighted by Crippen LogP contribution is 2.30. The molecule has 3 N–H and O–H groups in total. The summed E-state index contributed by atoms with van der Waals surface area (Å²) in [5, 5.41) is 15.2. The molecule has 0 aliphatic carbocycles. The highest BCUT2D eigenvalue weighted by molar-refractivity contribution is 5.99. The fourth-order valence-electron chi connectivity index (χ4n) is 3.84. The molecule has 9 heteroatoms. The summed E-state index contributed by atoms with van der Waals surface area (Å²) in [6, 6.07) is 10.4. The molecule has 2 unspecified atom stereocenters. The van der Waals surface area contributed by atoms with Gasteiger partial charge in [-0.1, -0.05) is 18.2 Å². The van der Waals surface area contributed by atoms with Gasteiger partial charge >= 0.3 is 6.09 Å². The van der Waals surface area contributed by atoms with E-state index < -0.39 is 35.6 Å². The minimum atomic E-state index is -1.06. The summed E-state index contributed by atoms with van der Waals surface area (Å²) in [5.41, 5.74) is 2.06. The van der Waals surface area contributed by atoms with Crippen molar-refractivity contribution in [1.82, 2.24) is 10.2 Å². The van der Waals surface area contributed by atoms with Crippen LogP contribution in [0.5, 0.6) is 5.75 Å². The molecule has 0 fully saturated rings. The zero-order chi connectivity index (χ0) is 27.0. The second-order valence-electron chi connectivity index (χ2n) is 9.55. The summed E-state index contributed by atoms with van der Waals surface area (Å²) in [6.45, 7) is 9.91. The lowest BCUT2D eigenvalue weighted by Crippen LogP contribution is -2.52. The highest BCUT2D eigenvalue weighted by atomic mass is 16.6. The predicted molar refractivity (Wildman–Crippen MR) is 138 cm³/mol. The smallest absolute Gasteiger partial charge is 0.408 e. The third kappa shape index (κ3) is 7.71. The normalized spacial score (nSPS) is 12.8. The Morgan fingerprint density at radius 1 is 1.03 bits per heavy atom. The number of aliphatic hydroxyl groups excluding tert-OH is 1. The van der Waals surface area contributed by atoms with E-state index in [-0.39, 0.29) is 13.2 Å². The van der Waals surface area contributed by atoms with Crippen LogP contribution in [0.1, 0.15) is 50.4 Å². The molecule has 0 saturated heterocycles. The Balaban J connectivity index is 2.45. The van der Waals surface area contributed by atoms with Crippen molar-refractivity contribution in [3.8, 4) is 5.75 Å². The molecule has 0 aromatic heterocycles. The first kappa shape index (κ1) is 28.6. The molecule has 196 valence electrons. The molecule has 3 amide bonds. The van der Waals surface area contributed by atoms with Crippen molar-refractivity contribution >= 4 is 23.6 Å². The number of amides is 3. The Labute approximate surface area is 212 Å². The summed E-state index contributed by atoms with van der Waals surface area (Å²) in [7, 11) is 1.55. The second-order valence-corrected chi connectivity index (χ2v) is 9.55. The van der Waals surface area contributed by atoms with Crippen molar-refractivity contribution in [2.75, 3.05) is 25.6 Å². The standard InChI is InChI=1S/C27H37N3O6/c1-17-9-8-10-18(2)22(17)23(24(32)29-20-11-13-21(35-7)14-12-20)30(15-16-31)25(33)19(3)28-26(34)36-27(4,5)6/h8-14,19,23,31H,15-16H2,1-7H3,(H,28,34)(H,29,32). The molecular weight excluding hydrogens is 462 g/mol. The number of ether oxygens (including phenoxy) is 2. The minimum Gasteiger partial charge on any atom is -0.497 e. The molecule has 0 saturated carbocycles. The molecule has 2 aromatic carbocycles. The molecule has 0 spiro atoms. The summed E-state index contributed by atoms with van der Waals surface area (Å²) in [5.74, 6) is -0.352. The molecule has 0 bridgehead atoms. The van der Waals surface area contributed by atoms with Crippen LogP contribution < -0.4 is 15.4 Å². The fourth-order valence-corrected chi connectivity index (χ4v) is 3.84. The quantitative estimate of drug-likeness (QED) is 0.484. The van der Waals surface area contributed by atoms with Crippen LogP contribution in [-0.2, 0) is 14.3 Å². The second kappa shape index (κ2) is 12.4. The van der Waals surface area contributed by atoms with Crippen LogP contribution in [-0.4, -0.2) is 59.8 Å². The summed E-state index contributed by atoms with van der Waals surface area (Å²) in [4.78, 5) is 40.8. The Kier molecular flexibility index (Phi) is 9.86. The highest BCUT2D eigenvalue weighted by Gasteiger charge is 2.36. The summed E-state index contributed by atoms with van der Waals surface area (Å²) >= 11 is 0. The SMILES string of the molecule is COc1ccc(NC(=O)C(c2c(C)cccc2C)N(CCO)C(=O)C(C)NC(=O)OC(C)(C)C)cc1. The average Bonchev–Trinajstić information content (AvgIpc) is 2.79. The maximum absolute atomic E-state index is 13.7. The first-order valence-electron chi connectivity index (χ1n) is 11.8. The van der Waals surface area contributed by atoms with Gasteiger partial charge in [-0.05, 0) is 82.5 Å². The number of nitrogens with zero attached hydrogens (tertiary/aromatic N) is 1. The van der Waals surface area contributed by atoms with E-state index >= 15 is 0 Å². The number of rotatable bonds is 9. The Morgan fingerprint density at radius 2 is 1.61 bits per heavy atom. The van der Waals surface area contributed by atoms with Gasteiger partial charge in [-0.2, -0.15) is 0 Å². The van der Waals surface area contributed by atoms with Crippen LogP contribution >= 0.6 is 0 Å². The van der Waals surface area contributed by atoms with Gasteiger partial charge in [-0.15, -0.1) is 0 Å². The number of hydrogen-bond donors (Lipinski definition) is 3. The molecule has 0 heterocycles. The average molecular weight is 500 g/mol. The van der Waals surface area contributed by atoms with Gasteiger partial charge in [-0.25, -0.2) is 4.79 Å². The van der Waals surface area contributed by atoms with Gasteiger partial charge in [0.25, 0.3) is 5.91 Å². The zero-order valence-corrected chi connectivity index (χ0v) is 22.0. The lowest BCUT2D eigenvalue weighted by Gasteiger charge is -2.34. The summed E-state index contributed by atoms with van der Waals surface area (Å²) in [6.07, 6.45) is -0.751. The minimum absolute atomic E-state index is 0.117. The number of hydrogen-bond acceptors (Lipinski definition) is 6. The van der Waals surface area contributed by atoms with Gasteiger partial charge in [0.15, 0.2) is 0 Å². The van der Waals surface area contributed by atoms with Gasteiger partial charge in [0, 0.05) is 12.2 Å². The number of aryl methyl sites for hydroxylation is 2. The molecule has 2 rings (SSSR count). The molecule has 0 aliphatic rings. The number of methoxy groups -OCH3 is 1. The number of carbonyl (C=O) groups is 3. The fraction of sp³-hybridized carbons (Fsp3) is 0.444. The van der Waals surface area contributed by atoms with Gasteiger partial charge in [0.1, 0.15) is 23.4 Å². The molecule has 0 aliphatic heterocycles. The number of carbonyl (C=O) groups excluding carboxylic acids is 3. The maximum Gasteiger partial charge on any atom is 0.408 e. The Morgan fingerprint density at radius 3 is 2.11 bits per heavy atom. The van der Waals surface area contributed by atoms with E-state index in [0.717, 1.165) is 11.1 Å². The van der Waals surface area contributed by atoms with E-state index in [4.69, 9.17) is 9.47 Å². The van der Waals surface area contributed by atoms with E-state index in [1.807, 2.05) is 32.0 Å². The molecule has 36 heavy (non-hydrogen) atoms. The van der Waals surface area contributed by atoms with Crippen molar-refractivity contribution < 1.29 is 29.0 Å². The zero-order valence-electron chi connectivity index (χ0n) is 22.0. The van der Waals surface area contributed by atoms with E-state index in [2.05, 4.69) is 10.6 Å². The van der Waals surface area contributed by atoms with Crippen LogP contribution in [0.25, 0.3) is 0 Å². The molecule has 0 radical (unpaired) electrons. The third-order valence-corrected chi connectivity index (χ3v) is 5.46. The van der Waals surface area contributed by atoms with E-state index in [9.17, 15) is 19.5 Å². The van der Waals surface area contributed by atoms with Crippen LogP contribution in [0.4, 0.5) is 10.5 Å². The van der Waals surface area contributed by atoms with Crippen LogP contribution in [0, 0.1) is 13.8 Å². The van der Waals surface area contributed by atoms with E-state index in [1.54, 1.807) is 52.1 Å². The topological polar surface area (TPSA) is 117 Å². The monoisotopic (exact) mass is 499 g/mol. The lowest BCUT2D eigenvalue weighted by atomic mass is 9.93. The Bertz CT molecular complexity index is 1040. The van der Waals surface area contributed by atoms with Crippen LogP contribution in [0.3, 0.4) is 0 Å². The van der Waals surface area contributed by atoms with Crippen molar-refractivity contribution in [2.24, 2.45) is 0 Å². The van der Waals surface area contributed by atoms with Gasteiger partial charge in [-0.3, -0.25) is 9.59 Å². The largest absolute Gasteiger partial charge is 0.497 e. The molecular formula is C27H37N3O6. The van der Waals surface area contributed by atoms with Crippen molar-refractivity contribution in [2.45, 2.75) is 59.2 Å². The van der Waals surface area contributed by atoms with Crippen molar-refractivity contribution in [3.05, 3.63) is 59.2 Å². The molecule has 2 aromatic rings. The van der Waals surface area contributed by atoms with Gasteiger partial charge in [0.05, 0.1) is 13.7 Å². The summed E-state index contributed by atoms with van der Waals surface area (Å²) < 4.78 is 10.4. The van der Waals surface area contributed by atoms with Crippen molar-refractivity contribution in [1.29, 1.82) is 0 Å². The molecule has 2 atom stereocenters. The number of aliphatic hydroxyl groups is 1. The van der Waals surface area contributed by atoms with Crippen LogP contribution in [0.2, 0.25) is 0 Å². The van der Waals surface area contributed by atoms with Gasteiger partial charge < -0.3 is 30.1 Å². The van der Waals surface area contributed by atoms with E-state index in [1.165, 1.54) is 11.8 Å². The maximum atomic E-state index is 13.7.